The zero-order valence-electron chi connectivity index (χ0n) is 12.9. The minimum absolute atomic E-state index is 0.225. The molecule has 0 bridgehead atoms. The molecule has 3 nitrogen and oxygen atoms in total. The Hall–Kier alpha value is -0.120. The fourth-order valence-electron chi connectivity index (χ4n) is 2.39. The highest BCUT2D eigenvalue weighted by atomic mass is 16.3. The molecule has 0 spiro atoms. The van der Waals surface area contributed by atoms with E-state index < -0.39 is 5.60 Å². The van der Waals surface area contributed by atoms with Crippen molar-refractivity contribution in [2.45, 2.75) is 65.0 Å². The number of nitrogens with zero attached hydrogens (tertiary/aromatic N) is 1. The second-order valence-electron chi connectivity index (χ2n) is 7.20. The van der Waals surface area contributed by atoms with Gasteiger partial charge in [-0.25, -0.2) is 0 Å². The Kier molecular flexibility index (Phi) is 5.63. The van der Waals surface area contributed by atoms with Crippen molar-refractivity contribution in [3.8, 4) is 0 Å². The summed E-state index contributed by atoms with van der Waals surface area (Å²) in [5, 5.41) is 13.7. The summed E-state index contributed by atoms with van der Waals surface area (Å²) in [6.45, 7) is 14.9. The van der Waals surface area contributed by atoms with E-state index in [0.29, 0.717) is 0 Å². The van der Waals surface area contributed by atoms with Crippen LogP contribution in [0.1, 0.15) is 53.9 Å². The smallest absolute Gasteiger partial charge is 0.0743 e. The predicted molar refractivity (Wildman–Crippen MR) is 77.8 cm³/mol. The van der Waals surface area contributed by atoms with Crippen LogP contribution in [0.5, 0.6) is 0 Å². The summed E-state index contributed by atoms with van der Waals surface area (Å²) in [6, 6.07) is 0. The van der Waals surface area contributed by atoms with E-state index in [-0.39, 0.29) is 5.54 Å². The maximum absolute atomic E-state index is 10.1. The topological polar surface area (TPSA) is 35.5 Å². The predicted octanol–water partition coefficient (Wildman–Crippen LogP) is 2.25. The van der Waals surface area contributed by atoms with Crippen LogP contribution in [0.2, 0.25) is 0 Å². The molecule has 0 aliphatic carbocycles. The molecule has 2 N–H and O–H groups in total. The van der Waals surface area contributed by atoms with Crippen molar-refractivity contribution in [1.29, 1.82) is 0 Å². The summed E-state index contributed by atoms with van der Waals surface area (Å²) in [7, 11) is 0. The molecule has 1 atom stereocenters. The van der Waals surface area contributed by atoms with Crippen molar-refractivity contribution in [3.63, 3.8) is 0 Å². The first-order valence-electron chi connectivity index (χ1n) is 7.41. The van der Waals surface area contributed by atoms with Crippen molar-refractivity contribution in [1.82, 2.24) is 10.2 Å². The SMILES string of the molecule is CCC(C)(O)CN1CCC(CNC(C)(C)C)CC1. The number of hydrogen-bond acceptors (Lipinski definition) is 3. The van der Waals surface area contributed by atoms with Gasteiger partial charge in [-0.1, -0.05) is 6.92 Å². The van der Waals surface area contributed by atoms with Crippen molar-refractivity contribution in [3.05, 3.63) is 0 Å². The van der Waals surface area contributed by atoms with Gasteiger partial charge in [-0.3, -0.25) is 0 Å². The van der Waals surface area contributed by atoms with Gasteiger partial charge in [0, 0.05) is 12.1 Å². The Balaban J connectivity index is 2.25. The third kappa shape index (κ3) is 6.17. The quantitative estimate of drug-likeness (QED) is 0.792. The van der Waals surface area contributed by atoms with Gasteiger partial charge in [-0.2, -0.15) is 0 Å². The molecular formula is C15H32N2O. The molecule has 1 unspecified atom stereocenters. The lowest BCUT2D eigenvalue weighted by molar-refractivity contribution is 0.00643. The number of β-amino-alcohol motifs (C(OH)–C–C–N with tert-alkyl or cyclic N) is 1. The molecular weight excluding hydrogens is 224 g/mol. The van der Waals surface area contributed by atoms with Gasteiger partial charge >= 0.3 is 0 Å². The van der Waals surface area contributed by atoms with Crippen LogP contribution in [0.15, 0.2) is 0 Å². The first-order valence-corrected chi connectivity index (χ1v) is 7.41. The lowest BCUT2D eigenvalue weighted by atomic mass is 9.94. The number of aliphatic hydroxyl groups is 1. The molecule has 1 fully saturated rings. The van der Waals surface area contributed by atoms with Crippen LogP contribution >= 0.6 is 0 Å². The van der Waals surface area contributed by atoms with Crippen molar-refractivity contribution in [2.75, 3.05) is 26.2 Å². The summed E-state index contributed by atoms with van der Waals surface area (Å²) in [4.78, 5) is 2.41. The maximum Gasteiger partial charge on any atom is 0.0743 e. The van der Waals surface area contributed by atoms with Gasteiger partial charge in [-0.05, 0) is 72.5 Å². The Bertz CT molecular complexity index is 237. The van der Waals surface area contributed by atoms with Gasteiger partial charge < -0.3 is 15.3 Å². The molecule has 1 aliphatic heterocycles. The van der Waals surface area contributed by atoms with Crippen LogP contribution in [-0.4, -0.2) is 47.3 Å². The van der Waals surface area contributed by atoms with Gasteiger partial charge in [-0.15, -0.1) is 0 Å². The standard InChI is InChI=1S/C15H32N2O/c1-6-15(5,18)12-17-9-7-13(8-10-17)11-16-14(2,3)4/h13,16,18H,6-12H2,1-5H3. The lowest BCUT2D eigenvalue weighted by Crippen LogP contribution is -2.46. The molecule has 3 heteroatoms. The Morgan fingerprint density at radius 3 is 2.17 bits per heavy atom. The highest BCUT2D eigenvalue weighted by Crippen LogP contribution is 2.20. The maximum atomic E-state index is 10.1. The van der Waals surface area contributed by atoms with Gasteiger partial charge in [0.15, 0.2) is 0 Å². The summed E-state index contributed by atoms with van der Waals surface area (Å²) < 4.78 is 0. The van der Waals surface area contributed by atoms with Crippen molar-refractivity contribution < 1.29 is 5.11 Å². The summed E-state index contributed by atoms with van der Waals surface area (Å²) in [5.74, 6) is 0.798. The monoisotopic (exact) mass is 256 g/mol. The molecule has 0 saturated carbocycles. The molecule has 18 heavy (non-hydrogen) atoms. The molecule has 1 aliphatic rings. The molecule has 108 valence electrons. The van der Waals surface area contributed by atoms with E-state index >= 15 is 0 Å². The van der Waals surface area contributed by atoms with Crippen molar-refractivity contribution >= 4 is 0 Å². The van der Waals surface area contributed by atoms with E-state index in [2.05, 4.69) is 37.9 Å². The molecule has 0 aromatic heterocycles. The number of nitrogens with one attached hydrogen (secondary N) is 1. The Morgan fingerprint density at radius 2 is 1.72 bits per heavy atom. The molecule has 0 aromatic rings. The minimum atomic E-state index is -0.517. The van der Waals surface area contributed by atoms with E-state index in [1.54, 1.807) is 0 Å². The number of rotatable bonds is 5. The molecule has 1 saturated heterocycles. The lowest BCUT2D eigenvalue weighted by Gasteiger charge is -2.37. The van der Waals surface area contributed by atoms with Crippen LogP contribution in [0.3, 0.4) is 0 Å². The average molecular weight is 256 g/mol. The Labute approximate surface area is 113 Å². The van der Waals surface area contributed by atoms with Gasteiger partial charge in [0.05, 0.1) is 5.60 Å². The zero-order valence-corrected chi connectivity index (χ0v) is 12.9. The second-order valence-corrected chi connectivity index (χ2v) is 7.20. The van der Waals surface area contributed by atoms with Crippen LogP contribution in [0.4, 0.5) is 0 Å². The van der Waals surface area contributed by atoms with E-state index in [0.717, 1.165) is 38.5 Å². The first-order chi connectivity index (χ1) is 8.22. The molecule has 1 heterocycles. The van der Waals surface area contributed by atoms with E-state index in [4.69, 9.17) is 0 Å². The summed E-state index contributed by atoms with van der Waals surface area (Å²) >= 11 is 0. The molecule has 0 aromatic carbocycles. The largest absolute Gasteiger partial charge is 0.389 e. The highest BCUT2D eigenvalue weighted by molar-refractivity contribution is 4.82. The molecule has 0 amide bonds. The summed E-state index contributed by atoms with van der Waals surface area (Å²) in [5.41, 5.74) is -0.292. The third-order valence-corrected chi connectivity index (χ3v) is 3.95. The van der Waals surface area contributed by atoms with E-state index in [9.17, 15) is 5.11 Å². The van der Waals surface area contributed by atoms with Crippen LogP contribution in [0.25, 0.3) is 0 Å². The fourth-order valence-corrected chi connectivity index (χ4v) is 2.39. The van der Waals surface area contributed by atoms with Gasteiger partial charge in [0.1, 0.15) is 0 Å². The van der Waals surface area contributed by atoms with E-state index in [1.165, 1.54) is 12.8 Å². The van der Waals surface area contributed by atoms with Crippen LogP contribution < -0.4 is 5.32 Å². The van der Waals surface area contributed by atoms with Crippen molar-refractivity contribution in [2.24, 2.45) is 5.92 Å². The fraction of sp³-hybridized carbons (Fsp3) is 1.00. The van der Waals surface area contributed by atoms with E-state index in [1.807, 2.05) is 6.92 Å². The number of hydrogen-bond donors (Lipinski definition) is 2. The summed E-state index contributed by atoms with van der Waals surface area (Å²) in [6.07, 6.45) is 3.34. The third-order valence-electron chi connectivity index (χ3n) is 3.95. The Morgan fingerprint density at radius 1 is 1.17 bits per heavy atom. The molecule has 1 rings (SSSR count). The van der Waals surface area contributed by atoms with Crippen LogP contribution in [0, 0.1) is 5.92 Å². The highest BCUT2D eigenvalue weighted by Gasteiger charge is 2.26. The second kappa shape index (κ2) is 6.36. The molecule has 0 radical (unpaired) electrons. The van der Waals surface area contributed by atoms with Gasteiger partial charge in [0.25, 0.3) is 0 Å². The normalized spacial score (nSPS) is 23.0. The van der Waals surface area contributed by atoms with Gasteiger partial charge in [0.2, 0.25) is 0 Å². The first kappa shape index (κ1) is 15.9. The minimum Gasteiger partial charge on any atom is -0.389 e. The number of likely N-dealkylation sites (tertiary alicyclic amines) is 1. The number of piperidine rings is 1. The van der Waals surface area contributed by atoms with Crippen LogP contribution in [-0.2, 0) is 0 Å². The zero-order chi connectivity index (χ0) is 13.8. The average Bonchev–Trinajstić information content (AvgIpc) is 2.27.